The molecule has 0 aromatic heterocycles. The summed E-state index contributed by atoms with van der Waals surface area (Å²) in [6.07, 6.45) is 4.70. The molecule has 3 rings (SSSR count). The monoisotopic (exact) mass is 181 g/mol. The van der Waals surface area contributed by atoms with E-state index in [1.165, 1.54) is 12.0 Å². The number of fused-ring (bicyclic) bond motifs is 1. The fourth-order valence-electron chi connectivity index (χ4n) is 2.92. The van der Waals surface area contributed by atoms with E-state index >= 15 is 0 Å². The van der Waals surface area contributed by atoms with Crippen LogP contribution in [0.1, 0.15) is 26.7 Å². The average molecular weight is 181 g/mol. The van der Waals surface area contributed by atoms with Gasteiger partial charge < -0.3 is 10.8 Å². The van der Waals surface area contributed by atoms with Crippen molar-refractivity contribution in [2.75, 3.05) is 6.61 Å². The fraction of sp³-hybridized carbons (Fsp3) is 0.818. The minimum atomic E-state index is -0.120. The largest absolute Gasteiger partial charge is 0.394 e. The molecule has 0 radical (unpaired) electrons. The van der Waals surface area contributed by atoms with Gasteiger partial charge in [-0.3, -0.25) is 0 Å². The normalized spacial score (nSPS) is 37.7. The second-order valence-corrected chi connectivity index (χ2v) is 5.04. The first-order chi connectivity index (χ1) is 6.07. The third-order valence-corrected chi connectivity index (χ3v) is 4.14. The van der Waals surface area contributed by atoms with Gasteiger partial charge in [-0.15, -0.1) is 0 Å². The molecule has 0 saturated heterocycles. The predicted molar refractivity (Wildman–Crippen MR) is 53.1 cm³/mol. The lowest BCUT2D eigenvalue weighted by atomic mass is 9.48. The molecule has 0 heterocycles. The van der Waals surface area contributed by atoms with E-state index in [-0.39, 0.29) is 12.6 Å². The molecule has 3 aliphatic carbocycles. The van der Waals surface area contributed by atoms with Crippen LogP contribution in [0, 0.1) is 17.3 Å². The Balaban J connectivity index is 2.18. The van der Waals surface area contributed by atoms with E-state index in [1.54, 1.807) is 0 Å². The van der Waals surface area contributed by atoms with Crippen LogP contribution in [0.4, 0.5) is 0 Å². The number of hydrogen-bond acceptors (Lipinski definition) is 2. The number of rotatable bonds is 2. The molecule has 3 N–H and O–H groups in total. The number of nitrogens with two attached hydrogens (primary N) is 1. The molecule has 0 spiro atoms. The van der Waals surface area contributed by atoms with Gasteiger partial charge in [0, 0.05) is 6.04 Å². The molecule has 3 atom stereocenters. The molecule has 0 aromatic carbocycles. The second kappa shape index (κ2) is 2.82. The minimum Gasteiger partial charge on any atom is -0.394 e. The number of aliphatic hydroxyl groups is 1. The lowest BCUT2D eigenvalue weighted by molar-refractivity contribution is -0.0114. The van der Waals surface area contributed by atoms with Gasteiger partial charge >= 0.3 is 0 Å². The lowest BCUT2D eigenvalue weighted by Crippen LogP contribution is -2.51. The van der Waals surface area contributed by atoms with Gasteiger partial charge in [0.1, 0.15) is 0 Å². The van der Waals surface area contributed by atoms with Gasteiger partial charge in [0.15, 0.2) is 0 Å². The highest BCUT2D eigenvalue weighted by Gasteiger charge is 2.51. The molecule has 13 heavy (non-hydrogen) atoms. The Morgan fingerprint density at radius 1 is 1.69 bits per heavy atom. The van der Waals surface area contributed by atoms with E-state index in [9.17, 15) is 0 Å². The summed E-state index contributed by atoms with van der Waals surface area (Å²) in [5.74, 6) is 1.49. The van der Waals surface area contributed by atoms with E-state index in [4.69, 9.17) is 10.8 Å². The van der Waals surface area contributed by atoms with Crippen molar-refractivity contribution in [1.82, 2.24) is 0 Å². The highest BCUT2D eigenvalue weighted by Crippen LogP contribution is 2.59. The smallest absolute Gasteiger partial charge is 0.0621 e. The maximum absolute atomic E-state index is 9.03. The maximum atomic E-state index is 9.03. The zero-order valence-electron chi connectivity index (χ0n) is 8.46. The summed E-state index contributed by atoms with van der Waals surface area (Å²) in [4.78, 5) is 0. The highest BCUT2D eigenvalue weighted by atomic mass is 16.3. The molecule has 3 aliphatic rings. The van der Waals surface area contributed by atoms with Crippen LogP contribution in [0.3, 0.4) is 0 Å². The van der Waals surface area contributed by atoms with Crippen molar-refractivity contribution in [3.05, 3.63) is 11.6 Å². The van der Waals surface area contributed by atoms with Crippen molar-refractivity contribution in [1.29, 1.82) is 0 Å². The van der Waals surface area contributed by atoms with Crippen molar-refractivity contribution in [3.63, 3.8) is 0 Å². The van der Waals surface area contributed by atoms with Crippen molar-refractivity contribution in [2.45, 2.75) is 32.7 Å². The lowest BCUT2D eigenvalue weighted by Gasteiger charge is -2.57. The Labute approximate surface area is 79.8 Å². The molecule has 74 valence electrons. The Kier molecular flexibility index (Phi) is 2.00. The Hall–Kier alpha value is -0.340. The summed E-state index contributed by atoms with van der Waals surface area (Å²) < 4.78 is 0. The van der Waals surface area contributed by atoms with Crippen LogP contribution >= 0.6 is 0 Å². The number of hydrogen-bond donors (Lipinski definition) is 2. The molecule has 1 fully saturated rings. The molecule has 2 nitrogen and oxygen atoms in total. The summed E-state index contributed by atoms with van der Waals surface area (Å²) in [6, 6.07) is -0.120. The van der Waals surface area contributed by atoms with Crippen LogP contribution in [0.25, 0.3) is 0 Å². The molecular formula is C11H19NO. The number of allylic oxidation sites excluding steroid dienone is 1. The summed E-state index contributed by atoms with van der Waals surface area (Å²) in [7, 11) is 0. The summed E-state index contributed by atoms with van der Waals surface area (Å²) in [6.45, 7) is 4.73. The van der Waals surface area contributed by atoms with E-state index in [0.717, 1.165) is 12.3 Å². The quantitative estimate of drug-likeness (QED) is 0.631. The van der Waals surface area contributed by atoms with Gasteiger partial charge in [0.25, 0.3) is 0 Å². The van der Waals surface area contributed by atoms with E-state index in [0.29, 0.717) is 11.3 Å². The third-order valence-electron chi connectivity index (χ3n) is 4.14. The first kappa shape index (κ1) is 9.22. The first-order valence-electron chi connectivity index (χ1n) is 5.13. The average Bonchev–Trinajstić information content (AvgIpc) is 2.16. The van der Waals surface area contributed by atoms with Gasteiger partial charge in [0.05, 0.1) is 6.61 Å². The van der Waals surface area contributed by atoms with Gasteiger partial charge in [-0.05, 0) is 30.1 Å². The van der Waals surface area contributed by atoms with Crippen LogP contribution in [0.15, 0.2) is 11.6 Å². The molecule has 0 aliphatic heterocycles. The third kappa shape index (κ3) is 1.16. The van der Waals surface area contributed by atoms with Crippen molar-refractivity contribution < 1.29 is 5.11 Å². The minimum absolute atomic E-state index is 0.0864. The number of aliphatic hydroxyl groups excluding tert-OH is 1. The van der Waals surface area contributed by atoms with Crippen LogP contribution in [-0.4, -0.2) is 17.8 Å². The standard InChI is InChI=1S/C11H19NO/c1-11(2)7-3-4-8(9(11)5-7)10(12)6-13/h4,7,9-10,13H,3,5-6,12H2,1-2H3/t7?,9?,10-/m1/s1. The van der Waals surface area contributed by atoms with Crippen LogP contribution in [0.2, 0.25) is 0 Å². The van der Waals surface area contributed by atoms with E-state index < -0.39 is 0 Å². The molecule has 0 amide bonds. The molecule has 2 heteroatoms. The fourth-order valence-corrected chi connectivity index (χ4v) is 2.92. The topological polar surface area (TPSA) is 46.2 Å². The van der Waals surface area contributed by atoms with Gasteiger partial charge in [-0.25, -0.2) is 0 Å². The van der Waals surface area contributed by atoms with Crippen molar-refractivity contribution in [2.24, 2.45) is 23.0 Å². The summed E-state index contributed by atoms with van der Waals surface area (Å²) in [5, 5.41) is 9.03. The molecule has 2 unspecified atom stereocenters. The summed E-state index contributed by atoms with van der Waals surface area (Å²) in [5.41, 5.74) is 7.59. The predicted octanol–water partition coefficient (Wildman–Crippen LogP) is 1.30. The Morgan fingerprint density at radius 2 is 2.38 bits per heavy atom. The first-order valence-corrected chi connectivity index (χ1v) is 5.13. The van der Waals surface area contributed by atoms with Crippen molar-refractivity contribution in [3.8, 4) is 0 Å². The van der Waals surface area contributed by atoms with Crippen LogP contribution < -0.4 is 5.73 Å². The highest BCUT2D eigenvalue weighted by molar-refractivity contribution is 5.27. The summed E-state index contributed by atoms with van der Waals surface area (Å²) >= 11 is 0. The Morgan fingerprint density at radius 3 is 2.85 bits per heavy atom. The zero-order chi connectivity index (χ0) is 9.64. The van der Waals surface area contributed by atoms with Gasteiger partial charge in [0.2, 0.25) is 0 Å². The maximum Gasteiger partial charge on any atom is 0.0621 e. The van der Waals surface area contributed by atoms with Crippen molar-refractivity contribution >= 4 is 0 Å². The molecule has 2 bridgehead atoms. The Bertz CT molecular complexity index is 244. The van der Waals surface area contributed by atoms with Gasteiger partial charge in [-0.1, -0.05) is 25.5 Å². The molecular weight excluding hydrogens is 162 g/mol. The van der Waals surface area contributed by atoms with Crippen LogP contribution in [-0.2, 0) is 0 Å². The zero-order valence-corrected chi connectivity index (χ0v) is 8.46. The van der Waals surface area contributed by atoms with E-state index in [1.807, 2.05) is 0 Å². The SMILES string of the molecule is CC1(C)C2CC=C([C@H](N)CO)C1C2. The van der Waals surface area contributed by atoms with Gasteiger partial charge in [-0.2, -0.15) is 0 Å². The second-order valence-electron chi connectivity index (χ2n) is 5.04. The van der Waals surface area contributed by atoms with Crippen LogP contribution in [0.5, 0.6) is 0 Å². The molecule has 0 aromatic rings. The van der Waals surface area contributed by atoms with E-state index in [2.05, 4.69) is 19.9 Å². The molecule has 1 saturated carbocycles.